The molecule has 0 aliphatic carbocycles. The van der Waals surface area contributed by atoms with Gasteiger partial charge in [0.15, 0.2) is 0 Å². The van der Waals surface area contributed by atoms with Crippen molar-refractivity contribution < 1.29 is 19.0 Å². The fraction of sp³-hybridized carbons (Fsp3) is 0.417. The quantitative estimate of drug-likeness (QED) is 0.819. The van der Waals surface area contributed by atoms with E-state index < -0.39 is 17.2 Å². The van der Waals surface area contributed by atoms with E-state index in [2.05, 4.69) is 0 Å². The molecule has 1 rings (SSSR count). The summed E-state index contributed by atoms with van der Waals surface area (Å²) < 4.78 is 18.1. The highest BCUT2D eigenvalue weighted by atomic mass is 19.1. The number of nitrogens with two attached hydrogens (primary N) is 1. The van der Waals surface area contributed by atoms with E-state index in [1.165, 1.54) is 25.3 Å². The molecule has 1 atom stereocenters. The van der Waals surface area contributed by atoms with Crippen molar-refractivity contribution in [1.29, 1.82) is 0 Å². The number of rotatable bonds is 5. The van der Waals surface area contributed by atoms with Gasteiger partial charge in [0.2, 0.25) is 0 Å². The molecule has 0 aliphatic rings. The fourth-order valence-electron chi connectivity index (χ4n) is 1.77. The molecule has 0 aromatic heterocycles. The zero-order chi connectivity index (χ0) is 13.1. The Morgan fingerprint density at radius 2 is 2.24 bits per heavy atom. The number of aliphatic carboxylic acids is 1. The third-order valence-electron chi connectivity index (χ3n) is 2.81. The second-order valence-electron chi connectivity index (χ2n) is 4.18. The Morgan fingerprint density at radius 3 is 2.71 bits per heavy atom. The van der Waals surface area contributed by atoms with Crippen molar-refractivity contribution in [3.63, 3.8) is 0 Å². The van der Waals surface area contributed by atoms with E-state index >= 15 is 0 Å². The number of carbonyl (C=O) groups is 1. The highest BCUT2D eigenvalue weighted by molar-refractivity contribution is 5.69. The van der Waals surface area contributed by atoms with Crippen LogP contribution in [0.5, 0.6) is 5.75 Å². The molecule has 0 bridgehead atoms. The van der Waals surface area contributed by atoms with E-state index in [-0.39, 0.29) is 13.0 Å². The maximum Gasteiger partial charge on any atom is 0.304 e. The van der Waals surface area contributed by atoms with Gasteiger partial charge in [0.1, 0.15) is 11.6 Å². The van der Waals surface area contributed by atoms with Gasteiger partial charge in [-0.05, 0) is 6.07 Å². The zero-order valence-electron chi connectivity index (χ0n) is 9.87. The molecule has 17 heavy (non-hydrogen) atoms. The first-order chi connectivity index (χ1) is 7.92. The first-order valence-corrected chi connectivity index (χ1v) is 5.19. The number of carboxylic acid groups (broad SMARTS) is 1. The van der Waals surface area contributed by atoms with Crippen LogP contribution in [-0.4, -0.2) is 24.7 Å². The van der Waals surface area contributed by atoms with Gasteiger partial charge < -0.3 is 15.6 Å². The minimum absolute atomic E-state index is 0.133. The van der Waals surface area contributed by atoms with Gasteiger partial charge in [0.05, 0.1) is 13.5 Å². The van der Waals surface area contributed by atoms with Crippen LogP contribution >= 0.6 is 0 Å². The molecular weight excluding hydrogens is 225 g/mol. The van der Waals surface area contributed by atoms with E-state index in [0.29, 0.717) is 11.3 Å². The lowest BCUT2D eigenvalue weighted by Crippen LogP contribution is -2.34. The minimum atomic E-state index is -0.954. The lowest BCUT2D eigenvalue weighted by atomic mass is 9.79. The van der Waals surface area contributed by atoms with E-state index in [0.717, 1.165) is 0 Å². The van der Waals surface area contributed by atoms with Crippen LogP contribution in [-0.2, 0) is 10.2 Å². The second kappa shape index (κ2) is 5.14. The molecule has 94 valence electrons. The van der Waals surface area contributed by atoms with Crippen LogP contribution in [0.15, 0.2) is 18.2 Å². The predicted molar refractivity (Wildman–Crippen MR) is 61.6 cm³/mol. The van der Waals surface area contributed by atoms with Gasteiger partial charge in [-0.3, -0.25) is 4.79 Å². The molecule has 5 heteroatoms. The van der Waals surface area contributed by atoms with Crippen LogP contribution < -0.4 is 10.5 Å². The van der Waals surface area contributed by atoms with E-state index in [1.54, 1.807) is 6.92 Å². The Kier molecular flexibility index (Phi) is 4.07. The predicted octanol–water partition coefficient (Wildman–Crippen LogP) is 1.53. The Labute approximate surface area is 99.2 Å². The van der Waals surface area contributed by atoms with Gasteiger partial charge in [0.25, 0.3) is 0 Å². The van der Waals surface area contributed by atoms with Crippen molar-refractivity contribution in [1.82, 2.24) is 0 Å². The maximum atomic E-state index is 13.1. The third kappa shape index (κ3) is 2.94. The molecule has 0 saturated heterocycles. The molecule has 0 heterocycles. The SMILES string of the molecule is COc1cc(F)ccc1C(C)(CN)CC(=O)O. The highest BCUT2D eigenvalue weighted by Crippen LogP contribution is 2.34. The minimum Gasteiger partial charge on any atom is -0.496 e. The van der Waals surface area contributed by atoms with Crippen LogP contribution in [0.3, 0.4) is 0 Å². The molecule has 1 aromatic carbocycles. The smallest absolute Gasteiger partial charge is 0.304 e. The Morgan fingerprint density at radius 1 is 1.59 bits per heavy atom. The first kappa shape index (κ1) is 13.4. The number of ether oxygens (including phenoxy) is 1. The van der Waals surface area contributed by atoms with Crippen LogP contribution in [0.2, 0.25) is 0 Å². The second-order valence-corrected chi connectivity index (χ2v) is 4.18. The molecule has 0 radical (unpaired) electrons. The number of hydrogen-bond acceptors (Lipinski definition) is 3. The Hall–Kier alpha value is -1.62. The highest BCUT2D eigenvalue weighted by Gasteiger charge is 2.31. The summed E-state index contributed by atoms with van der Waals surface area (Å²) in [5, 5.41) is 8.89. The molecule has 4 nitrogen and oxygen atoms in total. The lowest BCUT2D eigenvalue weighted by Gasteiger charge is -2.28. The third-order valence-corrected chi connectivity index (χ3v) is 2.81. The topological polar surface area (TPSA) is 72.5 Å². The molecule has 0 saturated carbocycles. The molecule has 0 aliphatic heterocycles. The first-order valence-electron chi connectivity index (χ1n) is 5.19. The summed E-state index contributed by atoms with van der Waals surface area (Å²) in [4.78, 5) is 10.8. The summed E-state index contributed by atoms with van der Waals surface area (Å²) in [6.45, 7) is 1.86. The van der Waals surface area contributed by atoms with Gasteiger partial charge in [-0.15, -0.1) is 0 Å². The average molecular weight is 241 g/mol. The summed E-state index contributed by atoms with van der Waals surface area (Å²) in [6, 6.07) is 4.02. The monoisotopic (exact) mass is 241 g/mol. The van der Waals surface area contributed by atoms with Crippen molar-refractivity contribution in [2.75, 3.05) is 13.7 Å². The molecule has 1 aromatic rings. The van der Waals surface area contributed by atoms with Gasteiger partial charge in [-0.1, -0.05) is 13.0 Å². The zero-order valence-corrected chi connectivity index (χ0v) is 9.87. The molecule has 0 amide bonds. The van der Waals surface area contributed by atoms with Crippen LogP contribution in [0.4, 0.5) is 4.39 Å². The van der Waals surface area contributed by atoms with Crippen LogP contribution in [0.25, 0.3) is 0 Å². The summed E-state index contributed by atoms with van der Waals surface area (Å²) in [5.41, 5.74) is 5.47. The molecule has 1 unspecified atom stereocenters. The van der Waals surface area contributed by atoms with Gasteiger partial charge in [-0.2, -0.15) is 0 Å². The maximum absolute atomic E-state index is 13.1. The van der Waals surface area contributed by atoms with Crippen molar-refractivity contribution >= 4 is 5.97 Å². The van der Waals surface area contributed by atoms with E-state index in [9.17, 15) is 9.18 Å². The van der Waals surface area contributed by atoms with Gasteiger partial charge in [0, 0.05) is 23.6 Å². The Bertz CT molecular complexity index is 422. The Balaban J connectivity index is 3.23. The van der Waals surface area contributed by atoms with E-state index in [4.69, 9.17) is 15.6 Å². The number of benzene rings is 1. The number of halogens is 1. The molecule has 3 N–H and O–H groups in total. The van der Waals surface area contributed by atoms with Crippen molar-refractivity contribution in [3.8, 4) is 5.75 Å². The summed E-state index contributed by atoms with van der Waals surface area (Å²) in [6.07, 6.45) is -0.133. The van der Waals surface area contributed by atoms with Gasteiger partial charge in [-0.25, -0.2) is 4.39 Å². The van der Waals surface area contributed by atoms with Crippen molar-refractivity contribution in [2.24, 2.45) is 5.73 Å². The number of hydrogen-bond donors (Lipinski definition) is 2. The summed E-state index contributed by atoms with van der Waals surface area (Å²) in [7, 11) is 1.41. The molecular formula is C12H16FNO3. The summed E-state index contributed by atoms with van der Waals surface area (Å²) in [5.74, 6) is -1.07. The van der Waals surface area contributed by atoms with E-state index in [1.807, 2.05) is 0 Å². The lowest BCUT2D eigenvalue weighted by molar-refractivity contribution is -0.138. The summed E-state index contributed by atoms with van der Waals surface area (Å²) >= 11 is 0. The van der Waals surface area contributed by atoms with Gasteiger partial charge >= 0.3 is 5.97 Å². The van der Waals surface area contributed by atoms with Crippen molar-refractivity contribution in [3.05, 3.63) is 29.6 Å². The number of carboxylic acids is 1. The molecule has 0 spiro atoms. The van der Waals surface area contributed by atoms with Crippen molar-refractivity contribution in [2.45, 2.75) is 18.8 Å². The van der Waals surface area contributed by atoms with Crippen LogP contribution in [0, 0.1) is 5.82 Å². The molecule has 0 fully saturated rings. The largest absolute Gasteiger partial charge is 0.496 e. The fourth-order valence-corrected chi connectivity index (χ4v) is 1.77. The number of methoxy groups -OCH3 is 1. The van der Waals surface area contributed by atoms with Crippen LogP contribution in [0.1, 0.15) is 18.9 Å². The standard InChI is InChI=1S/C12H16FNO3/c1-12(7-14,6-11(15)16)9-4-3-8(13)5-10(9)17-2/h3-5H,6-7,14H2,1-2H3,(H,15,16). The normalized spacial score (nSPS) is 14.1. The average Bonchev–Trinajstić information content (AvgIpc) is 2.27.